The Bertz CT molecular complexity index is 280. The van der Waals surface area contributed by atoms with E-state index in [2.05, 4.69) is 11.9 Å². The first-order valence-electron chi connectivity index (χ1n) is 5.80. The average Bonchev–Trinajstić information content (AvgIpc) is 2.15. The highest BCUT2D eigenvalue weighted by molar-refractivity contribution is 5.83. The van der Waals surface area contributed by atoms with Crippen LogP contribution in [0.4, 0.5) is 0 Å². The molecule has 1 rings (SSSR count). The Hall–Kier alpha value is -0.830. The van der Waals surface area contributed by atoms with Gasteiger partial charge in [-0.15, -0.1) is 6.58 Å². The van der Waals surface area contributed by atoms with Gasteiger partial charge in [0, 0.05) is 11.5 Å². The Morgan fingerprint density at radius 1 is 1.56 bits per heavy atom. The lowest BCUT2D eigenvalue weighted by atomic mass is 9.78. The molecule has 1 aliphatic rings. The second kappa shape index (κ2) is 4.58. The molecule has 1 heterocycles. The molecule has 0 aromatic carbocycles. The summed E-state index contributed by atoms with van der Waals surface area (Å²) in [6, 6.07) is 0. The molecule has 1 aliphatic heterocycles. The summed E-state index contributed by atoms with van der Waals surface area (Å²) in [7, 11) is 0. The summed E-state index contributed by atoms with van der Waals surface area (Å²) in [4.78, 5) is 12.2. The number of carbonyl (C=O) groups is 1. The highest BCUT2D eigenvalue weighted by Crippen LogP contribution is 2.32. The zero-order valence-corrected chi connectivity index (χ0v) is 10.8. The summed E-state index contributed by atoms with van der Waals surface area (Å²) < 4.78 is 5.49. The molecule has 3 heteroatoms. The van der Waals surface area contributed by atoms with Crippen LogP contribution < -0.4 is 5.32 Å². The summed E-state index contributed by atoms with van der Waals surface area (Å²) in [5.74, 6) is 0.357. The van der Waals surface area contributed by atoms with Gasteiger partial charge >= 0.3 is 0 Å². The zero-order chi connectivity index (χ0) is 12.4. The standard InChI is InChI=1S/C13H23NO2/c1-6-10-7-13(5,9-16-8-10)11(15)14-12(2,3)4/h6,10H,1,7-9H2,2-5H3,(H,14,15)/t10-,13+/m1/s1. The fraction of sp³-hybridized carbons (Fsp3) is 0.769. The topological polar surface area (TPSA) is 38.3 Å². The van der Waals surface area contributed by atoms with Gasteiger partial charge in [-0.25, -0.2) is 0 Å². The minimum atomic E-state index is -0.426. The van der Waals surface area contributed by atoms with E-state index in [1.807, 2.05) is 33.8 Å². The maximum Gasteiger partial charge on any atom is 0.228 e. The van der Waals surface area contributed by atoms with Crippen molar-refractivity contribution in [1.82, 2.24) is 5.32 Å². The number of hydrogen-bond acceptors (Lipinski definition) is 2. The first kappa shape index (κ1) is 13.2. The van der Waals surface area contributed by atoms with E-state index < -0.39 is 5.41 Å². The van der Waals surface area contributed by atoms with Crippen LogP contribution in [0, 0.1) is 11.3 Å². The molecule has 1 saturated heterocycles. The van der Waals surface area contributed by atoms with Gasteiger partial charge in [0.2, 0.25) is 5.91 Å². The van der Waals surface area contributed by atoms with Gasteiger partial charge in [-0.2, -0.15) is 0 Å². The predicted octanol–water partition coefficient (Wildman–Crippen LogP) is 2.13. The van der Waals surface area contributed by atoms with E-state index in [1.54, 1.807) is 0 Å². The molecular weight excluding hydrogens is 202 g/mol. The molecule has 0 spiro atoms. The van der Waals surface area contributed by atoms with Crippen LogP contribution in [0.25, 0.3) is 0 Å². The molecule has 1 amide bonds. The van der Waals surface area contributed by atoms with Crippen molar-refractivity contribution in [1.29, 1.82) is 0 Å². The molecule has 0 bridgehead atoms. The van der Waals surface area contributed by atoms with Crippen molar-refractivity contribution >= 4 is 5.91 Å². The van der Waals surface area contributed by atoms with Gasteiger partial charge < -0.3 is 10.1 Å². The number of ether oxygens (including phenoxy) is 1. The van der Waals surface area contributed by atoms with E-state index in [-0.39, 0.29) is 17.4 Å². The molecular formula is C13H23NO2. The number of nitrogens with one attached hydrogen (secondary N) is 1. The second-order valence-electron chi connectivity index (χ2n) is 5.98. The fourth-order valence-corrected chi connectivity index (χ4v) is 1.93. The molecule has 0 saturated carbocycles. The number of hydrogen-bond donors (Lipinski definition) is 1. The van der Waals surface area contributed by atoms with Crippen molar-refractivity contribution in [3.8, 4) is 0 Å². The van der Waals surface area contributed by atoms with Crippen LogP contribution >= 0.6 is 0 Å². The third-order valence-electron chi connectivity index (χ3n) is 2.84. The van der Waals surface area contributed by atoms with Crippen LogP contribution in [-0.4, -0.2) is 24.7 Å². The van der Waals surface area contributed by atoms with Gasteiger partial charge in [-0.05, 0) is 34.1 Å². The largest absolute Gasteiger partial charge is 0.380 e. The molecule has 16 heavy (non-hydrogen) atoms. The van der Waals surface area contributed by atoms with Crippen molar-refractivity contribution < 1.29 is 9.53 Å². The molecule has 0 unspecified atom stereocenters. The summed E-state index contributed by atoms with van der Waals surface area (Å²) in [5.41, 5.74) is -0.619. The van der Waals surface area contributed by atoms with E-state index in [4.69, 9.17) is 4.74 Å². The van der Waals surface area contributed by atoms with Crippen LogP contribution in [0.15, 0.2) is 12.7 Å². The zero-order valence-electron chi connectivity index (χ0n) is 10.8. The van der Waals surface area contributed by atoms with Crippen LogP contribution in [0.1, 0.15) is 34.1 Å². The van der Waals surface area contributed by atoms with E-state index >= 15 is 0 Å². The Balaban J connectivity index is 2.69. The lowest BCUT2D eigenvalue weighted by Crippen LogP contribution is -2.52. The Labute approximate surface area is 98.2 Å². The first-order chi connectivity index (χ1) is 7.27. The first-order valence-corrected chi connectivity index (χ1v) is 5.80. The van der Waals surface area contributed by atoms with E-state index in [0.717, 1.165) is 6.42 Å². The molecule has 0 aromatic heterocycles. The van der Waals surface area contributed by atoms with E-state index in [0.29, 0.717) is 13.2 Å². The van der Waals surface area contributed by atoms with Crippen LogP contribution in [-0.2, 0) is 9.53 Å². The lowest BCUT2D eigenvalue weighted by Gasteiger charge is -2.37. The smallest absolute Gasteiger partial charge is 0.228 e. The summed E-state index contributed by atoms with van der Waals surface area (Å²) in [6.07, 6.45) is 2.69. The molecule has 0 aliphatic carbocycles. The monoisotopic (exact) mass is 225 g/mol. The number of amides is 1. The van der Waals surface area contributed by atoms with Crippen LogP contribution in [0.2, 0.25) is 0 Å². The molecule has 0 aromatic rings. The molecule has 3 nitrogen and oxygen atoms in total. The van der Waals surface area contributed by atoms with Crippen LogP contribution in [0.5, 0.6) is 0 Å². The SMILES string of the molecule is C=C[C@H]1COC[C@@](C)(C(=O)NC(C)(C)C)C1. The number of carbonyl (C=O) groups excluding carboxylic acids is 1. The van der Waals surface area contributed by atoms with Gasteiger partial charge in [0.05, 0.1) is 18.6 Å². The van der Waals surface area contributed by atoms with Gasteiger partial charge in [0.1, 0.15) is 0 Å². The van der Waals surface area contributed by atoms with Gasteiger partial charge in [0.15, 0.2) is 0 Å². The maximum absolute atomic E-state index is 12.2. The highest BCUT2D eigenvalue weighted by atomic mass is 16.5. The highest BCUT2D eigenvalue weighted by Gasteiger charge is 2.39. The minimum absolute atomic E-state index is 0.0755. The van der Waals surface area contributed by atoms with Gasteiger partial charge in [-0.1, -0.05) is 6.08 Å². The molecule has 0 radical (unpaired) electrons. The summed E-state index contributed by atoms with van der Waals surface area (Å²) in [6.45, 7) is 12.9. The molecule has 92 valence electrons. The van der Waals surface area contributed by atoms with Crippen molar-refractivity contribution in [2.24, 2.45) is 11.3 Å². The van der Waals surface area contributed by atoms with E-state index in [9.17, 15) is 4.79 Å². The van der Waals surface area contributed by atoms with Crippen molar-refractivity contribution in [3.05, 3.63) is 12.7 Å². The van der Waals surface area contributed by atoms with Crippen molar-refractivity contribution in [2.75, 3.05) is 13.2 Å². The Morgan fingerprint density at radius 3 is 2.69 bits per heavy atom. The number of rotatable bonds is 2. The van der Waals surface area contributed by atoms with Crippen molar-refractivity contribution in [3.63, 3.8) is 0 Å². The second-order valence-corrected chi connectivity index (χ2v) is 5.98. The molecule has 1 N–H and O–H groups in total. The maximum atomic E-state index is 12.2. The summed E-state index contributed by atoms with van der Waals surface area (Å²) in [5, 5.41) is 3.02. The fourth-order valence-electron chi connectivity index (χ4n) is 1.93. The van der Waals surface area contributed by atoms with Gasteiger partial charge in [-0.3, -0.25) is 4.79 Å². The third-order valence-corrected chi connectivity index (χ3v) is 2.84. The lowest BCUT2D eigenvalue weighted by molar-refractivity contribution is -0.140. The third kappa shape index (κ3) is 3.34. The quantitative estimate of drug-likeness (QED) is 0.731. The normalized spacial score (nSPS) is 30.9. The van der Waals surface area contributed by atoms with Crippen molar-refractivity contribution in [2.45, 2.75) is 39.7 Å². The summed E-state index contributed by atoms with van der Waals surface area (Å²) >= 11 is 0. The predicted molar refractivity (Wildman–Crippen MR) is 65.1 cm³/mol. The van der Waals surface area contributed by atoms with Gasteiger partial charge in [0.25, 0.3) is 0 Å². The molecule has 1 fully saturated rings. The molecule has 2 atom stereocenters. The van der Waals surface area contributed by atoms with E-state index in [1.165, 1.54) is 0 Å². The average molecular weight is 225 g/mol. The Morgan fingerprint density at radius 2 is 2.19 bits per heavy atom. The Kier molecular flexibility index (Phi) is 3.79. The van der Waals surface area contributed by atoms with Crippen LogP contribution in [0.3, 0.4) is 0 Å². The minimum Gasteiger partial charge on any atom is -0.380 e.